The summed E-state index contributed by atoms with van der Waals surface area (Å²) < 4.78 is 2.34. The Morgan fingerprint density at radius 3 is 2.76 bits per heavy atom. The highest BCUT2D eigenvalue weighted by Gasteiger charge is 2.34. The Labute approximate surface area is 131 Å². The molecule has 3 nitrogen and oxygen atoms in total. The first-order valence-electron chi connectivity index (χ1n) is 7.76. The van der Waals surface area contributed by atoms with Crippen molar-refractivity contribution in [3.05, 3.63) is 33.6 Å². The van der Waals surface area contributed by atoms with Crippen LogP contribution in [-0.4, -0.2) is 9.55 Å². The quantitative estimate of drug-likeness (QED) is 0.908. The predicted molar refractivity (Wildman–Crippen MR) is 89.3 cm³/mol. The first-order chi connectivity index (χ1) is 9.82. The molecule has 21 heavy (non-hydrogen) atoms. The number of rotatable bonds is 2. The average Bonchev–Trinajstić information content (AvgIpc) is 2.88. The Morgan fingerprint density at radius 1 is 1.43 bits per heavy atom. The van der Waals surface area contributed by atoms with E-state index < -0.39 is 0 Å². The van der Waals surface area contributed by atoms with Crippen molar-refractivity contribution in [3.8, 4) is 5.13 Å². The number of aromatic nitrogens is 2. The maximum absolute atomic E-state index is 6.41. The minimum absolute atomic E-state index is 0.149. The van der Waals surface area contributed by atoms with E-state index in [1.165, 1.54) is 27.5 Å². The number of fused-ring (bicyclic) bond motifs is 1. The summed E-state index contributed by atoms with van der Waals surface area (Å²) in [4.78, 5) is 6.18. The zero-order chi connectivity index (χ0) is 15.4. The second kappa shape index (κ2) is 4.96. The van der Waals surface area contributed by atoms with Crippen molar-refractivity contribution >= 4 is 11.3 Å². The van der Waals surface area contributed by atoms with Crippen LogP contribution in [-0.2, 0) is 12.8 Å². The standard InChI is InChI=1S/C17H25N3S/c1-6-14-11(3)21-16(19-14)20-10(2)7-12-13(18)8-17(4,5)9-15(12)20/h7,13H,6,8-9,18H2,1-5H3. The monoisotopic (exact) mass is 303 g/mol. The number of aryl methyl sites for hydroxylation is 3. The van der Waals surface area contributed by atoms with E-state index in [0.717, 1.165) is 24.4 Å². The van der Waals surface area contributed by atoms with Gasteiger partial charge in [-0.25, -0.2) is 4.98 Å². The van der Waals surface area contributed by atoms with Crippen molar-refractivity contribution in [2.45, 2.75) is 59.9 Å². The molecule has 3 rings (SSSR count). The van der Waals surface area contributed by atoms with Gasteiger partial charge in [0.1, 0.15) is 0 Å². The fourth-order valence-electron chi connectivity index (χ4n) is 3.55. The van der Waals surface area contributed by atoms with Gasteiger partial charge in [-0.15, -0.1) is 11.3 Å². The van der Waals surface area contributed by atoms with Gasteiger partial charge >= 0.3 is 0 Å². The molecule has 1 aliphatic rings. The molecule has 4 heteroatoms. The van der Waals surface area contributed by atoms with Crippen molar-refractivity contribution in [1.29, 1.82) is 0 Å². The van der Waals surface area contributed by atoms with E-state index in [1.807, 2.05) is 0 Å². The van der Waals surface area contributed by atoms with Gasteiger partial charge in [-0.05, 0) is 50.2 Å². The summed E-state index contributed by atoms with van der Waals surface area (Å²) in [5.41, 5.74) is 11.8. The summed E-state index contributed by atoms with van der Waals surface area (Å²) in [7, 11) is 0. The van der Waals surface area contributed by atoms with Crippen LogP contribution in [0.3, 0.4) is 0 Å². The second-order valence-electron chi connectivity index (χ2n) is 7.03. The van der Waals surface area contributed by atoms with Gasteiger partial charge in [-0.3, -0.25) is 4.57 Å². The van der Waals surface area contributed by atoms with Crippen LogP contribution in [0.25, 0.3) is 5.13 Å². The number of hydrogen-bond acceptors (Lipinski definition) is 3. The van der Waals surface area contributed by atoms with Gasteiger partial charge < -0.3 is 5.73 Å². The molecule has 0 radical (unpaired) electrons. The Balaban J connectivity index is 2.16. The van der Waals surface area contributed by atoms with Gasteiger partial charge in [0.05, 0.1) is 5.69 Å². The van der Waals surface area contributed by atoms with Crippen LogP contribution in [0, 0.1) is 19.3 Å². The lowest BCUT2D eigenvalue weighted by Gasteiger charge is -2.34. The van der Waals surface area contributed by atoms with Crippen LogP contribution in [0.5, 0.6) is 0 Å². The van der Waals surface area contributed by atoms with Gasteiger partial charge in [0, 0.05) is 22.3 Å². The van der Waals surface area contributed by atoms with E-state index >= 15 is 0 Å². The van der Waals surface area contributed by atoms with Crippen molar-refractivity contribution in [1.82, 2.24) is 9.55 Å². The highest BCUT2D eigenvalue weighted by Crippen LogP contribution is 2.42. The molecule has 0 amide bonds. The van der Waals surface area contributed by atoms with E-state index in [1.54, 1.807) is 11.3 Å². The molecule has 0 bridgehead atoms. The summed E-state index contributed by atoms with van der Waals surface area (Å²) in [5, 5.41) is 1.10. The summed E-state index contributed by atoms with van der Waals surface area (Å²) >= 11 is 1.80. The number of nitrogens with two attached hydrogens (primary N) is 1. The summed E-state index contributed by atoms with van der Waals surface area (Å²) in [6.07, 6.45) is 3.13. The zero-order valence-corrected chi connectivity index (χ0v) is 14.5. The molecule has 1 aliphatic carbocycles. The van der Waals surface area contributed by atoms with E-state index in [2.05, 4.69) is 45.3 Å². The molecule has 2 aromatic heterocycles. The van der Waals surface area contributed by atoms with Crippen LogP contribution in [0.4, 0.5) is 0 Å². The van der Waals surface area contributed by atoms with Gasteiger partial charge in [-0.2, -0.15) is 0 Å². The molecule has 2 aromatic rings. The largest absolute Gasteiger partial charge is 0.324 e. The van der Waals surface area contributed by atoms with Crippen LogP contribution in [0.15, 0.2) is 6.07 Å². The third kappa shape index (κ3) is 2.44. The zero-order valence-electron chi connectivity index (χ0n) is 13.7. The normalized spacial score (nSPS) is 20.6. The molecule has 1 unspecified atom stereocenters. The molecular weight excluding hydrogens is 278 g/mol. The molecule has 0 spiro atoms. The smallest absolute Gasteiger partial charge is 0.194 e. The number of hydrogen-bond donors (Lipinski definition) is 1. The van der Waals surface area contributed by atoms with Gasteiger partial charge in [0.25, 0.3) is 0 Å². The Hall–Kier alpha value is -1.13. The molecule has 114 valence electrons. The highest BCUT2D eigenvalue weighted by atomic mass is 32.1. The van der Waals surface area contributed by atoms with Crippen LogP contribution < -0.4 is 5.73 Å². The summed E-state index contributed by atoms with van der Waals surface area (Å²) in [5.74, 6) is 0. The molecule has 0 fully saturated rings. The van der Waals surface area contributed by atoms with E-state index in [-0.39, 0.29) is 11.5 Å². The fraction of sp³-hybridized carbons (Fsp3) is 0.588. The van der Waals surface area contributed by atoms with Crippen LogP contribution >= 0.6 is 11.3 Å². The van der Waals surface area contributed by atoms with Crippen molar-refractivity contribution in [3.63, 3.8) is 0 Å². The molecule has 0 saturated heterocycles. The molecule has 0 aliphatic heterocycles. The Bertz CT molecular complexity index is 679. The van der Waals surface area contributed by atoms with E-state index in [4.69, 9.17) is 10.7 Å². The number of thiazole rings is 1. The average molecular weight is 303 g/mol. The second-order valence-corrected chi connectivity index (χ2v) is 8.21. The lowest BCUT2D eigenvalue weighted by atomic mass is 9.74. The van der Waals surface area contributed by atoms with Gasteiger partial charge in [-0.1, -0.05) is 20.8 Å². The molecule has 1 atom stereocenters. The Kier molecular flexibility index (Phi) is 3.49. The molecular formula is C17H25N3S. The van der Waals surface area contributed by atoms with Gasteiger partial charge in [0.15, 0.2) is 5.13 Å². The summed E-state index contributed by atoms with van der Waals surface area (Å²) in [6, 6.07) is 2.41. The first-order valence-corrected chi connectivity index (χ1v) is 8.57. The predicted octanol–water partition coefficient (Wildman–Crippen LogP) is 4.09. The molecule has 2 heterocycles. The molecule has 2 N–H and O–H groups in total. The molecule has 0 aromatic carbocycles. The van der Waals surface area contributed by atoms with Crippen molar-refractivity contribution in [2.75, 3.05) is 0 Å². The minimum atomic E-state index is 0.149. The first kappa shape index (κ1) is 14.8. The van der Waals surface area contributed by atoms with Crippen molar-refractivity contribution < 1.29 is 0 Å². The number of nitrogens with zero attached hydrogens (tertiary/aromatic N) is 2. The lowest BCUT2D eigenvalue weighted by molar-refractivity contribution is 0.278. The lowest BCUT2D eigenvalue weighted by Crippen LogP contribution is -2.30. The third-order valence-electron chi connectivity index (χ3n) is 4.55. The highest BCUT2D eigenvalue weighted by molar-refractivity contribution is 7.14. The third-order valence-corrected chi connectivity index (χ3v) is 5.54. The summed E-state index contributed by atoms with van der Waals surface area (Å²) in [6.45, 7) is 11.1. The SMILES string of the molecule is CCc1nc(-n2c(C)cc3c2CC(C)(C)CC3N)sc1C. The Morgan fingerprint density at radius 2 is 2.14 bits per heavy atom. The topological polar surface area (TPSA) is 43.8 Å². The minimum Gasteiger partial charge on any atom is -0.324 e. The van der Waals surface area contributed by atoms with Crippen LogP contribution in [0.1, 0.15) is 60.8 Å². The van der Waals surface area contributed by atoms with E-state index in [0.29, 0.717) is 0 Å². The van der Waals surface area contributed by atoms with Crippen LogP contribution in [0.2, 0.25) is 0 Å². The maximum atomic E-state index is 6.41. The fourth-order valence-corrected chi connectivity index (χ4v) is 4.63. The maximum Gasteiger partial charge on any atom is 0.194 e. The van der Waals surface area contributed by atoms with E-state index in [9.17, 15) is 0 Å². The van der Waals surface area contributed by atoms with Gasteiger partial charge in [0.2, 0.25) is 0 Å². The van der Waals surface area contributed by atoms with Crippen molar-refractivity contribution in [2.24, 2.45) is 11.1 Å². The molecule has 0 saturated carbocycles.